The minimum absolute atomic E-state index is 0.0602. The molecule has 8 heteroatoms. The first kappa shape index (κ1) is 18.2. The predicted molar refractivity (Wildman–Crippen MR) is 101 cm³/mol. The highest BCUT2D eigenvalue weighted by molar-refractivity contribution is 6.38. The number of hydrogen-bond acceptors (Lipinski definition) is 4. The minimum Gasteiger partial charge on any atom is -0.375 e. The standard InChI is InChI=1S/C19H15Cl2FN2O3/c1-9-8-24(9)14-5-2-10(6-13(14)22)15(25)7-19(27)16-11(20)3-4-12(21)17(16)23-18(19)26/h2-6,9,27H,7-8H2,1H3,(H,23,26). The number of halogens is 3. The largest absolute Gasteiger partial charge is 0.375 e. The molecule has 2 heterocycles. The Hall–Kier alpha value is -2.15. The van der Waals surface area contributed by atoms with Gasteiger partial charge in [0.1, 0.15) is 5.82 Å². The van der Waals surface area contributed by atoms with E-state index in [0.717, 1.165) is 12.6 Å². The molecule has 0 spiro atoms. The molecule has 0 bridgehead atoms. The lowest BCUT2D eigenvalue weighted by molar-refractivity contribution is -0.133. The Morgan fingerprint density at radius 1 is 1.33 bits per heavy atom. The summed E-state index contributed by atoms with van der Waals surface area (Å²) < 4.78 is 14.3. The van der Waals surface area contributed by atoms with Crippen molar-refractivity contribution < 1.29 is 19.1 Å². The van der Waals surface area contributed by atoms with E-state index in [1.165, 1.54) is 24.3 Å². The number of anilines is 2. The number of amides is 1. The quantitative estimate of drug-likeness (QED) is 0.596. The van der Waals surface area contributed by atoms with Gasteiger partial charge in [-0.2, -0.15) is 0 Å². The normalized spacial score (nSPS) is 23.2. The van der Waals surface area contributed by atoms with Gasteiger partial charge in [0.05, 0.1) is 22.8 Å². The summed E-state index contributed by atoms with van der Waals surface area (Å²) in [4.78, 5) is 26.9. The van der Waals surface area contributed by atoms with Crippen molar-refractivity contribution in [3.63, 3.8) is 0 Å². The summed E-state index contributed by atoms with van der Waals surface area (Å²) in [6, 6.07) is 7.34. The Labute approximate surface area is 164 Å². The van der Waals surface area contributed by atoms with E-state index in [1.54, 1.807) is 0 Å². The Kier molecular flexibility index (Phi) is 4.18. The van der Waals surface area contributed by atoms with Gasteiger partial charge in [0.2, 0.25) is 0 Å². The molecule has 0 aromatic heterocycles. The lowest BCUT2D eigenvalue weighted by Crippen LogP contribution is -2.36. The maximum atomic E-state index is 14.3. The van der Waals surface area contributed by atoms with E-state index in [4.69, 9.17) is 23.2 Å². The number of carbonyl (C=O) groups excluding carboxylic acids is 2. The van der Waals surface area contributed by atoms with Crippen molar-refractivity contribution in [2.75, 3.05) is 16.8 Å². The van der Waals surface area contributed by atoms with Gasteiger partial charge in [0, 0.05) is 28.7 Å². The van der Waals surface area contributed by atoms with Crippen LogP contribution in [0.3, 0.4) is 0 Å². The van der Waals surface area contributed by atoms with E-state index in [2.05, 4.69) is 5.32 Å². The molecular weight excluding hydrogens is 394 g/mol. The van der Waals surface area contributed by atoms with E-state index >= 15 is 0 Å². The smallest absolute Gasteiger partial charge is 0.261 e. The van der Waals surface area contributed by atoms with Crippen LogP contribution in [0.2, 0.25) is 10.0 Å². The number of fused-ring (bicyclic) bond motifs is 1. The lowest BCUT2D eigenvalue weighted by Gasteiger charge is -2.21. The van der Waals surface area contributed by atoms with E-state index in [1.807, 2.05) is 11.8 Å². The van der Waals surface area contributed by atoms with E-state index in [-0.39, 0.29) is 32.9 Å². The molecule has 2 atom stereocenters. The highest BCUT2D eigenvalue weighted by Crippen LogP contribution is 2.46. The highest BCUT2D eigenvalue weighted by atomic mass is 35.5. The van der Waals surface area contributed by atoms with Crippen molar-refractivity contribution in [1.29, 1.82) is 0 Å². The second-order valence-electron chi connectivity index (χ2n) is 6.86. The van der Waals surface area contributed by atoms with Crippen molar-refractivity contribution in [3.8, 4) is 0 Å². The van der Waals surface area contributed by atoms with Crippen LogP contribution in [0.5, 0.6) is 0 Å². The molecule has 1 saturated heterocycles. The average Bonchev–Trinajstić information content (AvgIpc) is 3.27. The van der Waals surface area contributed by atoms with E-state index < -0.39 is 29.5 Å². The average molecular weight is 409 g/mol. The van der Waals surface area contributed by atoms with Crippen LogP contribution in [0.1, 0.15) is 29.3 Å². The third kappa shape index (κ3) is 2.88. The van der Waals surface area contributed by atoms with Crippen LogP contribution in [0, 0.1) is 5.82 Å². The summed E-state index contributed by atoms with van der Waals surface area (Å²) in [7, 11) is 0. The molecule has 0 radical (unpaired) electrons. The van der Waals surface area contributed by atoms with Crippen molar-refractivity contribution in [3.05, 3.63) is 57.3 Å². The number of Topliss-reactive ketones (excluding diaryl/α,β-unsaturated/α-hetero) is 1. The number of hydrogen-bond donors (Lipinski definition) is 2. The van der Waals surface area contributed by atoms with Gasteiger partial charge in [-0.25, -0.2) is 4.39 Å². The van der Waals surface area contributed by atoms with Crippen LogP contribution in [-0.4, -0.2) is 29.4 Å². The molecule has 27 heavy (non-hydrogen) atoms. The highest BCUT2D eigenvalue weighted by Gasteiger charge is 2.49. The summed E-state index contributed by atoms with van der Waals surface area (Å²) in [6.45, 7) is 2.74. The lowest BCUT2D eigenvalue weighted by atomic mass is 9.88. The van der Waals surface area contributed by atoms with Crippen molar-refractivity contribution in [1.82, 2.24) is 0 Å². The first-order valence-electron chi connectivity index (χ1n) is 8.34. The molecule has 2 unspecified atom stereocenters. The van der Waals surface area contributed by atoms with Crippen LogP contribution in [0.4, 0.5) is 15.8 Å². The molecule has 2 aliphatic heterocycles. The fourth-order valence-electron chi connectivity index (χ4n) is 3.40. The minimum atomic E-state index is -2.17. The van der Waals surface area contributed by atoms with Crippen LogP contribution < -0.4 is 10.2 Å². The molecule has 2 aliphatic rings. The Bertz CT molecular complexity index is 997. The number of nitrogens with zero attached hydrogens (tertiary/aromatic N) is 1. The first-order chi connectivity index (χ1) is 12.7. The number of aliphatic hydroxyl groups is 1. The van der Waals surface area contributed by atoms with Gasteiger partial charge >= 0.3 is 0 Å². The summed E-state index contributed by atoms with van der Waals surface area (Å²) in [5, 5.41) is 13.7. The Balaban J connectivity index is 1.65. The molecular formula is C19H15Cl2FN2O3. The fourth-order valence-corrected chi connectivity index (χ4v) is 3.92. The molecule has 1 amide bonds. The SMILES string of the molecule is CC1CN1c1ccc(C(=O)CC2(O)C(=O)Nc3c(Cl)ccc(Cl)c32)cc1F. The van der Waals surface area contributed by atoms with Crippen LogP contribution in [0.25, 0.3) is 0 Å². The monoisotopic (exact) mass is 408 g/mol. The number of carbonyl (C=O) groups is 2. The van der Waals surface area contributed by atoms with Gasteiger partial charge in [-0.1, -0.05) is 23.2 Å². The van der Waals surface area contributed by atoms with Crippen LogP contribution >= 0.6 is 23.2 Å². The molecule has 1 fully saturated rings. The molecule has 2 N–H and O–H groups in total. The van der Waals surface area contributed by atoms with Crippen molar-refractivity contribution in [2.45, 2.75) is 25.0 Å². The van der Waals surface area contributed by atoms with Gasteiger partial charge < -0.3 is 15.3 Å². The predicted octanol–water partition coefficient (Wildman–Crippen LogP) is 3.75. The topological polar surface area (TPSA) is 69.4 Å². The third-order valence-electron chi connectivity index (χ3n) is 4.99. The maximum absolute atomic E-state index is 14.3. The molecule has 2 aromatic rings. The fraction of sp³-hybridized carbons (Fsp3) is 0.263. The van der Waals surface area contributed by atoms with Crippen molar-refractivity contribution >= 4 is 46.3 Å². The molecule has 140 valence electrons. The van der Waals surface area contributed by atoms with Crippen LogP contribution in [-0.2, 0) is 10.4 Å². The summed E-state index contributed by atoms with van der Waals surface area (Å²) in [5.74, 6) is -1.90. The van der Waals surface area contributed by atoms with Crippen LogP contribution in [0.15, 0.2) is 30.3 Å². The van der Waals surface area contributed by atoms with Gasteiger partial charge in [-0.05, 0) is 37.3 Å². The molecule has 4 rings (SSSR count). The van der Waals surface area contributed by atoms with E-state index in [0.29, 0.717) is 5.69 Å². The number of nitrogens with one attached hydrogen (secondary N) is 1. The van der Waals surface area contributed by atoms with Gasteiger partial charge in [-0.15, -0.1) is 0 Å². The molecule has 0 aliphatic carbocycles. The van der Waals surface area contributed by atoms with Crippen molar-refractivity contribution in [2.24, 2.45) is 0 Å². The van der Waals surface area contributed by atoms with E-state index in [9.17, 15) is 19.1 Å². The second kappa shape index (κ2) is 6.19. The summed E-state index contributed by atoms with van der Waals surface area (Å²) in [5.41, 5.74) is -1.43. The number of benzene rings is 2. The molecule has 0 saturated carbocycles. The first-order valence-corrected chi connectivity index (χ1v) is 9.09. The zero-order chi connectivity index (χ0) is 19.5. The molecule has 5 nitrogen and oxygen atoms in total. The van der Waals surface area contributed by atoms with Gasteiger partial charge in [-0.3, -0.25) is 9.59 Å². The van der Waals surface area contributed by atoms with Gasteiger partial charge in [0.25, 0.3) is 5.91 Å². The second-order valence-corrected chi connectivity index (χ2v) is 7.68. The summed E-state index contributed by atoms with van der Waals surface area (Å²) >= 11 is 12.2. The Morgan fingerprint density at radius 3 is 2.63 bits per heavy atom. The van der Waals surface area contributed by atoms with Gasteiger partial charge in [0.15, 0.2) is 11.4 Å². The maximum Gasteiger partial charge on any atom is 0.261 e. The molecule has 2 aromatic carbocycles. The Morgan fingerprint density at radius 2 is 2.00 bits per heavy atom. The number of ketones is 1. The zero-order valence-electron chi connectivity index (χ0n) is 14.2. The summed E-state index contributed by atoms with van der Waals surface area (Å²) in [6.07, 6.45) is -0.579. The zero-order valence-corrected chi connectivity index (χ0v) is 15.7. The third-order valence-corrected chi connectivity index (χ3v) is 5.62. The number of rotatable bonds is 4.